The van der Waals surface area contributed by atoms with Crippen LogP contribution < -0.4 is 0 Å². The third kappa shape index (κ3) is 59.2. The van der Waals surface area contributed by atoms with E-state index in [0.29, 0.717) is 0 Å². The fraction of sp³-hybridized carbons (Fsp3) is 0.333. The molecule has 0 N–H and O–H groups in total. The van der Waals surface area contributed by atoms with Gasteiger partial charge in [-0.15, -0.1) is 0 Å². The molecule has 0 heterocycles. The van der Waals surface area contributed by atoms with E-state index in [1.54, 1.807) is 0 Å². The van der Waals surface area contributed by atoms with Gasteiger partial charge < -0.3 is 4.74 Å². The summed E-state index contributed by atoms with van der Waals surface area (Å²) in [6.07, 6.45) is 0. The van der Waals surface area contributed by atoms with Gasteiger partial charge in [0.25, 0.3) is 0 Å². The Morgan fingerprint density at radius 3 is 1.09 bits per heavy atom. The van der Waals surface area contributed by atoms with Gasteiger partial charge >= 0.3 is 0 Å². The molecule has 0 aliphatic rings. The summed E-state index contributed by atoms with van der Waals surface area (Å²) in [5, 5.41) is 0. The van der Waals surface area contributed by atoms with Crippen molar-refractivity contribution in [2.45, 2.75) is 0 Å². The van der Waals surface area contributed by atoms with E-state index in [9.17, 15) is 4.79 Å². The molecular formula is C3H5O2W6-. The molecule has 0 aliphatic carbocycles. The van der Waals surface area contributed by atoms with Gasteiger partial charge in [-0.1, -0.05) is 0 Å². The molecule has 0 bridgehead atoms. The minimum atomic E-state index is -0.495. The van der Waals surface area contributed by atoms with E-state index < -0.39 is 5.97 Å². The zero-order valence-electron chi connectivity index (χ0n) is 5.47. The monoisotopic (exact) mass is 1180 g/mol. The Balaban J connectivity index is -0.00000000533. The van der Waals surface area contributed by atoms with Crippen LogP contribution in [0.2, 0.25) is 0 Å². The molecule has 0 saturated carbocycles. The van der Waals surface area contributed by atoms with Crippen molar-refractivity contribution in [2.75, 3.05) is 7.11 Å². The van der Waals surface area contributed by atoms with Gasteiger partial charge in [-0.25, -0.2) is 0 Å². The molecule has 0 aliphatic heterocycles. The molecule has 0 atom stereocenters. The Kier molecular flexibility index (Phi) is 161. The standard InChI is InChI=1S/C3H5O2.6W/c1-3(4)5-2;;;;;;/h1H2,2H3;;;;;;/q-1;;;;;;. The van der Waals surface area contributed by atoms with Gasteiger partial charge in [0.15, 0.2) is 5.97 Å². The quantitative estimate of drug-likeness (QED) is 0.253. The van der Waals surface area contributed by atoms with Gasteiger partial charge in [-0.05, 0) is 0 Å². The van der Waals surface area contributed by atoms with Crippen LogP contribution in [0.1, 0.15) is 0 Å². The fourth-order valence-corrected chi connectivity index (χ4v) is 0. The van der Waals surface area contributed by atoms with Crippen molar-refractivity contribution in [1.82, 2.24) is 0 Å². The summed E-state index contributed by atoms with van der Waals surface area (Å²) in [4.78, 5) is 9.48. The summed E-state index contributed by atoms with van der Waals surface area (Å²) in [7, 11) is 1.29. The number of methoxy groups -OCH3 is 1. The van der Waals surface area contributed by atoms with E-state index in [0.717, 1.165) is 0 Å². The number of rotatable bonds is 0. The zero-order chi connectivity index (χ0) is 4.28. The maximum atomic E-state index is 9.48. The molecule has 0 unspecified atom stereocenters. The summed E-state index contributed by atoms with van der Waals surface area (Å²) in [5.41, 5.74) is 0. The Labute approximate surface area is 153 Å². The molecule has 0 radical (unpaired) electrons. The van der Waals surface area contributed by atoms with E-state index >= 15 is 0 Å². The number of esters is 1. The predicted octanol–water partition coefficient (Wildman–Crippen LogP) is -0.0215. The Hall–Kier alpha value is 3.47. The second-order valence-corrected chi connectivity index (χ2v) is 0.576. The van der Waals surface area contributed by atoms with Gasteiger partial charge in [-0.3, -0.25) is 11.7 Å². The van der Waals surface area contributed by atoms with Crippen LogP contribution in [0.4, 0.5) is 0 Å². The van der Waals surface area contributed by atoms with Gasteiger partial charge in [-0.2, -0.15) is 0 Å². The smallest absolute Gasteiger partial charge is 0.164 e. The molecule has 8 heteroatoms. The summed E-state index contributed by atoms with van der Waals surface area (Å²) < 4.78 is 4.00. The third-order valence-electron chi connectivity index (χ3n) is 0.228. The summed E-state index contributed by atoms with van der Waals surface area (Å²) in [5.74, 6) is -0.495. The second-order valence-electron chi connectivity index (χ2n) is 0.576. The van der Waals surface area contributed by atoms with Gasteiger partial charge in [0.05, 0.1) is 7.11 Å². The normalized spacial score (nSPS) is 3.00. The molecule has 0 aromatic heterocycles. The zero-order valence-corrected chi connectivity index (χ0v) is 23.1. The molecule has 2 nitrogen and oxygen atoms in total. The summed E-state index contributed by atoms with van der Waals surface area (Å²) in [6, 6.07) is 0. The first-order chi connectivity index (χ1) is 2.27. The predicted molar refractivity (Wildman–Crippen MR) is 17.4 cm³/mol. The second kappa shape index (κ2) is 37.5. The molecule has 0 aromatic carbocycles. The Morgan fingerprint density at radius 2 is 1.09 bits per heavy atom. The molecule has 0 rings (SSSR count). The number of ether oxygens (including phenoxy) is 1. The molecule has 0 aromatic rings. The SMILES string of the molecule is [CH2-]C(=O)OC.[W].[W].[W].[W].[W].[W]. The largest absolute Gasteiger partial charge is 0.492 e. The van der Waals surface area contributed by atoms with Crippen LogP contribution in [0.5, 0.6) is 0 Å². The van der Waals surface area contributed by atoms with Gasteiger partial charge in [0.1, 0.15) is 0 Å². The van der Waals surface area contributed by atoms with Gasteiger partial charge in [0, 0.05) is 126 Å². The van der Waals surface area contributed by atoms with Crippen molar-refractivity contribution < 1.29 is 136 Å². The first-order valence-electron chi connectivity index (χ1n) is 1.17. The first kappa shape index (κ1) is 47.1. The molecule has 0 saturated heterocycles. The van der Waals surface area contributed by atoms with Crippen molar-refractivity contribution in [3.8, 4) is 0 Å². The topological polar surface area (TPSA) is 26.3 Å². The number of carbonyl (C=O) groups excluding carboxylic acids is 1. The van der Waals surface area contributed by atoms with Crippen molar-refractivity contribution in [1.29, 1.82) is 0 Å². The average Bonchev–Trinajstić information content (AvgIpc) is 1.38. The number of hydrogen-bond donors (Lipinski definition) is 0. The first-order valence-corrected chi connectivity index (χ1v) is 1.17. The van der Waals surface area contributed by atoms with E-state index in [1.165, 1.54) is 7.11 Å². The van der Waals surface area contributed by atoms with Crippen LogP contribution in [0.25, 0.3) is 0 Å². The van der Waals surface area contributed by atoms with Gasteiger partial charge in [0.2, 0.25) is 0 Å². The minimum absolute atomic E-state index is 0. The molecule has 0 amide bonds. The fourth-order valence-electron chi connectivity index (χ4n) is 0. The molecule has 0 spiro atoms. The van der Waals surface area contributed by atoms with E-state index in [2.05, 4.69) is 11.7 Å². The van der Waals surface area contributed by atoms with Crippen molar-refractivity contribution >= 4 is 5.97 Å². The average molecular weight is 1180 g/mol. The van der Waals surface area contributed by atoms with Crippen LogP contribution in [-0.4, -0.2) is 13.1 Å². The van der Waals surface area contributed by atoms with E-state index in [4.69, 9.17) is 0 Å². The summed E-state index contributed by atoms with van der Waals surface area (Å²) >= 11 is 0. The van der Waals surface area contributed by atoms with Crippen molar-refractivity contribution in [3.63, 3.8) is 0 Å². The van der Waals surface area contributed by atoms with E-state index in [1.807, 2.05) is 0 Å². The van der Waals surface area contributed by atoms with Crippen LogP contribution in [0.3, 0.4) is 0 Å². The third-order valence-corrected chi connectivity index (χ3v) is 0.228. The molecular weight excluding hydrogens is 1170 g/mol. The summed E-state index contributed by atoms with van der Waals surface area (Å²) in [6.45, 7) is 2.90. The molecule has 11 heavy (non-hydrogen) atoms. The Bertz CT molecular complexity index is 51.1. The molecule has 0 fully saturated rings. The van der Waals surface area contributed by atoms with Crippen LogP contribution >= 0.6 is 0 Å². The minimum Gasteiger partial charge on any atom is -0.492 e. The number of carbonyl (C=O) groups is 1. The molecule has 66 valence electrons. The number of hydrogen-bond acceptors (Lipinski definition) is 2. The van der Waals surface area contributed by atoms with Crippen molar-refractivity contribution in [3.05, 3.63) is 6.92 Å². The van der Waals surface area contributed by atoms with Crippen LogP contribution in [0.15, 0.2) is 0 Å². The maximum absolute atomic E-state index is 9.48. The van der Waals surface area contributed by atoms with E-state index in [-0.39, 0.29) is 126 Å². The van der Waals surface area contributed by atoms with Crippen LogP contribution in [-0.2, 0) is 136 Å². The Morgan fingerprint density at radius 1 is 1.00 bits per heavy atom. The van der Waals surface area contributed by atoms with Crippen molar-refractivity contribution in [2.24, 2.45) is 0 Å². The van der Waals surface area contributed by atoms with Crippen LogP contribution in [0, 0.1) is 6.92 Å². The maximum Gasteiger partial charge on any atom is 0.164 e.